The number of rotatable bonds is 6. The number of carbonyl (C=O) groups is 2. The number of para-hydroxylation sites is 1. The van der Waals surface area contributed by atoms with Gasteiger partial charge in [-0.15, -0.1) is 0 Å². The predicted molar refractivity (Wildman–Crippen MR) is 109 cm³/mol. The van der Waals surface area contributed by atoms with Crippen LogP contribution in [-0.4, -0.2) is 28.0 Å². The van der Waals surface area contributed by atoms with Crippen LogP contribution in [0, 0.1) is 11.3 Å². The molecule has 6 nitrogen and oxygen atoms in total. The second-order valence-electron chi connectivity index (χ2n) is 7.69. The monoisotopic (exact) mass is 380 g/mol. The van der Waals surface area contributed by atoms with Gasteiger partial charge in [0.15, 0.2) is 0 Å². The fourth-order valence-corrected chi connectivity index (χ4v) is 4.11. The average Bonchev–Trinajstić information content (AvgIpc) is 3.05. The molecular weight excluding hydrogens is 352 g/mol. The first-order valence-electron chi connectivity index (χ1n) is 10.1. The summed E-state index contributed by atoms with van der Waals surface area (Å²) in [6, 6.07) is 11.3. The maximum atomic E-state index is 13.1. The molecule has 1 saturated carbocycles. The molecule has 1 fully saturated rings. The molecule has 1 aromatic carbocycles. The van der Waals surface area contributed by atoms with Crippen molar-refractivity contribution in [2.75, 3.05) is 0 Å². The maximum absolute atomic E-state index is 13.1. The van der Waals surface area contributed by atoms with E-state index >= 15 is 0 Å². The van der Waals surface area contributed by atoms with E-state index in [-0.39, 0.29) is 11.8 Å². The van der Waals surface area contributed by atoms with Crippen molar-refractivity contribution >= 4 is 22.7 Å². The molecule has 0 aliphatic heterocycles. The van der Waals surface area contributed by atoms with E-state index in [0.717, 1.165) is 36.6 Å². The summed E-state index contributed by atoms with van der Waals surface area (Å²) >= 11 is 0. The molecule has 1 heterocycles. The molecule has 0 radical (unpaired) electrons. The molecule has 1 aliphatic rings. The van der Waals surface area contributed by atoms with E-state index in [1.807, 2.05) is 48.9 Å². The van der Waals surface area contributed by atoms with Crippen LogP contribution in [0.25, 0.3) is 10.9 Å². The smallest absolute Gasteiger partial charge is 0.268 e. The van der Waals surface area contributed by atoms with Crippen molar-refractivity contribution in [3.8, 4) is 6.07 Å². The van der Waals surface area contributed by atoms with Crippen LogP contribution < -0.4 is 10.6 Å². The quantitative estimate of drug-likeness (QED) is 0.805. The number of benzene rings is 1. The normalized spacial score (nSPS) is 16.9. The van der Waals surface area contributed by atoms with Crippen LogP contribution in [0.5, 0.6) is 0 Å². The molecule has 2 amide bonds. The molecular formula is C22H28N4O2. The SMILES string of the molecule is CCC[C@@H](C#N)NC(=O)C1(NC(=O)c2cc3ccccc3n2C)CCCCC1. The van der Waals surface area contributed by atoms with Crippen molar-refractivity contribution < 1.29 is 9.59 Å². The van der Waals surface area contributed by atoms with Gasteiger partial charge in [-0.05, 0) is 31.4 Å². The Balaban J connectivity index is 1.85. The summed E-state index contributed by atoms with van der Waals surface area (Å²) in [5.41, 5.74) is 0.556. The molecule has 0 bridgehead atoms. The summed E-state index contributed by atoms with van der Waals surface area (Å²) in [5.74, 6) is -0.487. The number of aromatic nitrogens is 1. The fourth-order valence-electron chi connectivity index (χ4n) is 4.11. The summed E-state index contributed by atoms with van der Waals surface area (Å²) < 4.78 is 1.86. The molecule has 28 heavy (non-hydrogen) atoms. The van der Waals surface area contributed by atoms with Gasteiger partial charge < -0.3 is 15.2 Å². The highest BCUT2D eigenvalue weighted by molar-refractivity contribution is 6.02. The molecule has 1 atom stereocenters. The van der Waals surface area contributed by atoms with Crippen LogP contribution in [0.15, 0.2) is 30.3 Å². The summed E-state index contributed by atoms with van der Waals surface area (Å²) in [7, 11) is 1.86. The standard InChI is InChI=1S/C22H28N4O2/c1-3-9-17(15-23)24-21(28)22(12-7-4-8-13-22)25-20(27)19-14-16-10-5-6-11-18(16)26(19)2/h5-6,10-11,14,17H,3-4,7-9,12-13H2,1-2H3,(H,24,28)(H,25,27)/t17-/m0/s1. The van der Waals surface area contributed by atoms with Crippen LogP contribution in [0.2, 0.25) is 0 Å². The van der Waals surface area contributed by atoms with Crippen molar-refractivity contribution in [1.29, 1.82) is 5.26 Å². The van der Waals surface area contributed by atoms with Crippen LogP contribution in [0.3, 0.4) is 0 Å². The number of nitriles is 1. The number of hydrogen-bond donors (Lipinski definition) is 2. The third-order valence-corrected chi connectivity index (χ3v) is 5.72. The minimum absolute atomic E-state index is 0.237. The Morgan fingerprint density at radius 2 is 1.96 bits per heavy atom. The van der Waals surface area contributed by atoms with Crippen LogP contribution >= 0.6 is 0 Å². The maximum Gasteiger partial charge on any atom is 0.268 e. The van der Waals surface area contributed by atoms with E-state index < -0.39 is 11.6 Å². The van der Waals surface area contributed by atoms with Crippen molar-refractivity contribution in [3.05, 3.63) is 36.0 Å². The second kappa shape index (κ2) is 8.47. The molecule has 1 aliphatic carbocycles. The second-order valence-corrected chi connectivity index (χ2v) is 7.69. The van der Waals surface area contributed by atoms with Crippen LogP contribution in [0.1, 0.15) is 62.4 Å². The summed E-state index contributed by atoms with van der Waals surface area (Å²) in [5, 5.41) is 16.2. The van der Waals surface area contributed by atoms with E-state index in [2.05, 4.69) is 16.7 Å². The molecule has 0 spiro atoms. The number of carbonyl (C=O) groups excluding carboxylic acids is 2. The lowest BCUT2D eigenvalue weighted by Crippen LogP contribution is -2.61. The Morgan fingerprint density at radius 3 is 2.61 bits per heavy atom. The minimum Gasteiger partial charge on any atom is -0.340 e. The average molecular weight is 380 g/mol. The van der Waals surface area contributed by atoms with Gasteiger partial charge in [-0.1, -0.05) is 50.8 Å². The van der Waals surface area contributed by atoms with E-state index in [1.165, 1.54) is 0 Å². The first-order valence-corrected chi connectivity index (χ1v) is 10.1. The lowest BCUT2D eigenvalue weighted by Gasteiger charge is -2.37. The van der Waals surface area contributed by atoms with Gasteiger partial charge in [0.2, 0.25) is 5.91 Å². The molecule has 2 aromatic rings. The van der Waals surface area contributed by atoms with E-state index in [1.54, 1.807) is 0 Å². The summed E-state index contributed by atoms with van der Waals surface area (Å²) in [6.07, 6.45) is 5.43. The Morgan fingerprint density at radius 1 is 1.25 bits per heavy atom. The van der Waals surface area contributed by atoms with Gasteiger partial charge in [-0.3, -0.25) is 9.59 Å². The first kappa shape index (κ1) is 19.9. The third-order valence-electron chi connectivity index (χ3n) is 5.72. The largest absolute Gasteiger partial charge is 0.340 e. The van der Waals surface area contributed by atoms with Gasteiger partial charge >= 0.3 is 0 Å². The molecule has 148 valence electrons. The number of nitrogens with zero attached hydrogens (tertiary/aromatic N) is 2. The highest BCUT2D eigenvalue weighted by Crippen LogP contribution is 2.30. The first-order chi connectivity index (χ1) is 13.5. The number of amides is 2. The van der Waals surface area contributed by atoms with Gasteiger partial charge in [0.1, 0.15) is 17.3 Å². The minimum atomic E-state index is -0.950. The van der Waals surface area contributed by atoms with Crippen LogP contribution in [0.4, 0.5) is 0 Å². The zero-order chi connectivity index (χ0) is 20.1. The lowest BCUT2D eigenvalue weighted by atomic mass is 9.80. The van der Waals surface area contributed by atoms with Crippen molar-refractivity contribution in [2.24, 2.45) is 7.05 Å². The van der Waals surface area contributed by atoms with Gasteiger partial charge in [0, 0.05) is 18.0 Å². The van der Waals surface area contributed by atoms with E-state index in [4.69, 9.17) is 0 Å². The zero-order valence-electron chi connectivity index (χ0n) is 16.6. The van der Waals surface area contributed by atoms with Crippen molar-refractivity contribution in [3.63, 3.8) is 0 Å². The Labute approximate surface area is 165 Å². The number of hydrogen-bond acceptors (Lipinski definition) is 3. The van der Waals surface area contributed by atoms with E-state index in [9.17, 15) is 14.9 Å². The van der Waals surface area contributed by atoms with Crippen molar-refractivity contribution in [2.45, 2.75) is 63.5 Å². The van der Waals surface area contributed by atoms with Crippen LogP contribution in [-0.2, 0) is 11.8 Å². The Bertz CT molecular complexity index is 903. The van der Waals surface area contributed by atoms with Gasteiger partial charge in [-0.25, -0.2) is 0 Å². The molecule has 2 N–H and O–H groups in total. The van der Waals surface area contributed by atoms with Gasteiger partial charge in [0.05, 0.1) is 6.07 Å². The topological polar surface area (TPSA) is 86.9 Å². The highest BCUT2D eigenvalue weighted by atomic mass is 16.2. The van der Waals surface area contributed by atoms with Gasteiger partial charge in [-0.2, -0.15) is 5.26 Å². The molecule has 0 unspecified atom stereocenters. The Kier molecular flexibility index (Phi) is 6.03. The van der Waals surface area contributed by atoms with E-state index in [0.29, 0.717) is 25.0 Å². The summed E-state index contributed by atoms with van der Waals surface area (Å²) in [4.78, 5) is 26.2. The predicted octanol–water partition coefficient (Wildman–Crippen LogP) is 3.42. The summed E-state index contributed by atoms with van der Waals surface area (Å²) in [6.45, 7) is 1.98. The molecule has 0 saturated heterocycles. The molecule has 1 aromatic heterocycles. The molecule has 6 heteroatoms. The third kappa shape index (κ3) is 3.89. The Hall–Kier alpha value is -2.81. The highest BCUT2D eigenvalue weighted by Gasteiger charge is 2.42. The number of aryl methyl sites for hydroxylation is 1. The fraction of sp³-hybridized carbons (Fsp3) is 0.500. The molecule has 3 rings (SSSR count). The lowest BCUT2D eigenvalue weighted by molar-refractivity contribution is -0.129. The van der Waals surface area contributed by atoms with Crippen molar-refractivity contribution in [1.82, 2.24) is 15.2 Å². The van der Waals surface area contributed by atoms with Gasteiger partial charge in [0.25, 0.3) is 5.91 Å². The number of fused-ring (bicyclic) bond motifs is 1. The number of nitrogens with one attached hydrogen (secondary N) is 2. The zero-order valence-corrected chi connectivity index (χ0v) is 16.6.